The molecule has 0 aromatic carbocycles. The topological polar surface area (TPSA) is 32.3 Å². The molecule has 0 aromatic heterocycles. The fraction of sp³-hybridized carbons (Fsp3) is 0.909. The summed E-state index contributed by atoms with van der Waals surface area (Å²) < 4.78 is 0. The van der Waals surface area contributed by atoms with Gasteiger partial charge < -0.3 is 5.32 Å². The second-order valence-electron chi connectivity index (χ2n) is 4.91. The van der Waals surface area contributed by atoms with Gasteiger partial charge >= 0.3 is 0 Å². The zero-order chi connectivity index (χ0) is 10.7. The molecule has 1 fully saturated rings. The molecule has 0 aromatic rings. The Kier molecular flexibility index (Phi) is 3.93. The molecule has 0 saturated carbocycles. The molecule has 0 bridgehead atoms. The van der Waals surface area contributed by atoms with E-state index in [0.29, 0.717) is 24.4 Å². The van der Waals surface area contributed by atoms with Crippen molar-refractivity contribution in [1.29, 1.82) is 0 Å². The maximum absolute atomic E-state index is 11.4. The number of carbonyl (C=O) groups excluding carboxylic acids is 1. The van der Waals surface area contributed by atoms with Crippen LogP contribution in [0.4, 0.5) is 0 Å². The molecule has 82 valence electrons. The van der Waals surface area contributed by atoms with Gasteiger partial charge in [-0.05, 0) is 19.8 Å². The minimum Gasteiger partial charge on any atom is -0.351 e. The highest BCUT2D eigenvalue weighted by atomic mass is 16.1. The largest absolute Gasteiger partial charge is 0.351 e. The van der Waals surface area contributed by atoms with Crippen LogP contribution in [0.3, 0.4) is 0 Å². The van der Waals surface area contributed by atoms with Crippen LogP contribution in [0.2, 0.25) is 0 Å². The maximum atomic E-state index is 11.4. The van der Waals surface area contributed by atoms with Crippen LogP contribution in [0.25, 0.3) is 0 Å². The third-order valence-corrected chi connectivity index (χ3v) is 2.60. The van der Waals surface area contributed by atoms with Crippen molar-refractivity contribution >= 4 is 5.91 Å². The predicted octanol–water partition coefficient (Wildman–Crippen LogP) is 1.24. The molecule has 1 saturated heterocycles. The van der Waals surface area contributed by atoms with E-state index in [1.807, 2.05) is 0 Å². The van der Waals surface area contributed by atoms with Gasteiger partial charge in [-0.1, -0.05) is 13.8 Å². The highest BCUT2D eigenvalue weighted by Gasteiger charge is 2.29. The minimum atomic E-state index is 0.202. The van der Waals surface area contributed by atoms with Gasteiger partial charge in [0.2, 0.25) is 5.91 Å². The Balaban J connectivity index is 2.13. The van der Waals surface area contributed by atoms with E-state index in [4.69, 9.17) is 0 Å². The average molecular weight is 198 g/mol. The van der Waals surface area contributed by atoms with Crippen LogP contribution in [0.15, 0.2) is 0 Å². The lowest BCUT2D eigenvalue weighted by atomic mass is 10.1. The van der Waals surface area contributed by atoms with Crippen molar-refractivity contribution in [3.05, 3.63) is 0 Å². The molecular weight excluding hydrogens is 176 g/mol. The van der Waals surface area contributed by atoms with E-state index in [1.54, 1.807) is 0 Å². The summed E-state index contributed by atoms with van der Waals surface area (Å²) in [4.78, 5) is 13.8. The number of rotatable bonds is 4. The lowest BCUT2D eigenvalue weighted by Crippen LogP contribution is -2.61. The molecule has 3 nitrogen and oxygen atoms in total. The minimum absolute atomic E-state index is 0.202. The van der Waals surface area contributed by atoms with Gasteiger partial charge in [0.15, 0.2) is 0 Å². The van der Waals surface area contributed by atoms with Gasteiger partial charge in [-0.15, -0.1) is 0 Å². The standard InChI is InChI=1S/C11H22N2O/c1-8(2)5-11(14)12-10-6-13(7-10)9(3)4/h8-10H,5-7H2,1-4H3,(H,12,14). The van der Waals surface area contributed by atoms with Crippen LogP contribution in [0.5, 0.6) is 0 Å². The molecule has 3 heteroatoms. The molecule has 1 rings (SSSR count). The van der Waals surface area contributed by atoms with Crippen molar-refractivity contribution < 1.29 is 4.79 Å². The third-order valence-electron chi connectivity index (χ3n) is 2.60. The number of hydrogen-bond donors (Lipinski definition) is 1. The summed E-state index contributed by atoms with van der Waals surface area (Å²) >= 11 is 0. The highest BCUT2D eigenvalue weighted by molar-refractivity contribution is 5.76. The molecule has 1 aliphatic heterocycles. The summed E-state index contributed by atoms with van der Waals surface area (Å²) in [5.74, 6) is 0.657. The Hall–Kier alpha value is -0.570. The monoisotopic (exact) mass is 198 g/mol. The molecule has 0 aliphatic carbocycles. The van der Waals surface area contributed by atoms with Crippen molar-refractivity contribution in [3.63, 3.8) is 0 Å². The van der Waals surface area contributed by atoms with Gasteiger partial charge in [-0.25, -0.2) is 0 Å². The maximum Gasteiger partial charge on any atom is 0.220 e. The van der Waals surface area contributed by atoms with E-state index < -0.39 is 0 Å². The molecule has 0 atom stereocenters. The molecule has 0 unspecified atom stereocenters. The van der Waals surface area contributed by atoms with Crippen LogP contribution in [-0.2, 0) is 4.79 Å². The van der Waals surface area contributed by atoms with Crippen LogP contribution >= 0.6 is 0 Å². The number of likely N-dealkylation sites (tertiary alicyclic amines) is 1. The van der Waals surface area contributed by atoms with E-state index in [1.165, 1.54) is 0 Å². The summed E-state index contributed by atoms with van der Waals surface area (Å²) in [6, 6.07) is 0.997. The molecule has 1 amide bonds. The number of nitrogens with zero attached hydrogens (tertiary/aromatic N) is 1. The Labute approximate surface area is 86.9 Å². The molecule has 14 heavy (non-hydrogen) atoms. The second kappa shape index (κ2) is 4.78. The third kappa shape index (κ3) is 3.29. The zero-order valence-electron chi connectivity index (χ0n) is 9.71. The quantitative estimate of drug-likeness (QED) is 0.737. The summed E-state index contributed by atoms with van der Waals surface area (Å²) in [6.07, 6.45) is 0.651. The Bertz CT molecular complexity index is 195. The fourth-order valence-corrected chi connectivity index (χ4v) is 1.68. The van der Waals surface area contributed by atoms with Gasteiger partial charge in [0.1, 0.15) is 0 Å². The van der Waals surface area contributed by atoms with Crippen molar-refractivity contribution in [2.75, 3.05) is 13.1 Å². The van der Waals surface area contributed by atoms with E-state index >= 15 is 0 Å². The van der Waals surface area contributed by atoms with Gasteiger partial charge in [-0.3, -0.25) is 9.69 Å². The fourth-order valence-electron chi connectivity index (χ4n) is 1.68. The number of nitrogens with one attached hydrogen (secondary N) is 1. The van der Waals surface area contributed by atoms with Crippen LogP contribution in [0, 0.1) is 5.92 Å². The van der Waals surface area contributed by atoms with Gasteiger partial charge in [0.05, 0.1) is 6.04 Å². The highest BCUT2D eigenvalue weighted by Crippen LogP contribution is 2.12. The molecular formula is C11H22N2O. The Morgan fingerprint density at radius 1 is 1.36 bits per heavy atom. The van der Waals surface area contributed by atoms with E-state index in [-0.39, 0.29) is 5.91 Å². The first-order valence-electron chi connectivity index (χ1n) is 5.52. The Morgan fingerprint density at radius 3 is 2.36 bits per heavy atom. The van der Waals surface area contributed by atoms with Crippen molar-refractivity contribution in [2.24, 2.45) is 5.92 Å². The summed E-state index contributed by atoms with van der Waals surface area (Å²) in [7, 11) is 0. The number of hydrogen-bond acceptors (Lipinski definition) is 2. The van der Waals surface area contributed by atoms with Crippen molar-refractivity contribution in [3.8, 4) is 0 Å². The molecule has 0 radical (unpaired) electrons. The van der Waals surface area contributed by atoms with E-state index in [9.17, 15) is 4.79 Å². The SMILES string of the molecule is CC(C)CC(=O)NC1CN(C(C)C)C1. The molecule has 1 heterocycles. The Morgan fingerprint density at radius 2 is 1.93 bits per heavy atom. The van der Waals surface area contributed by atoms with Crippen LogP contribution < -0.4 is 5.32 Å². The summed E-state index contributed by atoms with van der Waals surface area (Å²) in [6.45, 7) is 10.5. The molecule has 1 aliphatic rings. The number of amides is 1. The second-order valence-corrected chi connectivity index (χ2v) is 4.91. The summed E-state index contributed by atoms with van der Waals surface area (Å²) in [5, 5.41) is 3.05. The lowest BCUT2D eigenvalue weighted by Gasteiger charge is -2.42. The first kappa shape index (κ1) is 11.5. The van der Waals surface area contributed by atoms with Gasteiger partial charge in [-0.2, -0.15) is 0 Å². The van der Waals surface area contributed by atoms with E-state index in [2.05, 4.69) is 37.9 Å². The normalized spacial score (nSPS) is 18.7. The van der Waals surface area contributed by atoms with E-state index in [0.717, 1.165) is 13.1 Å². The predicted molar refractivity (Wildman–Crippen MR) is 58.1 cm³/mol. The van der Waals surface area contributed by atoms with Crippen molar-refractivity contribution in [2.45, 2.75) is 46.2 Å². The smallest absolute Gasteiger partial charge is 0.220 e. The van der Waals surface area contributed by atoms with Crippen LogP contribution in [0.1, 0.15) is 34.1 Å². The first-order valence-corrected chi connectivity index (χ1v) is 5.52. The first-order chi connectivity index (χ1) is 6.49. The molecule has 1 N–H and O–H groups in total. The lowest BCUT2D eigenvalue weighted by molar-refractivity contribution is -0.123. The molecule has 0 spiro atoms. The van der Waals surface area contributed by atoms with Gasteiger partial charge in [0, 0.05) is 25.6 Å². The number of carbonyl (C=O) groups is 1. The average Bonchev–Trinajstić information content (AvgIpc) is 1.93. The van der Waals surface area contributed by atoms with Crippen molar-refractivity contribution in [1.82, 2.24) is 10.2 Å². The van der Waals surface area contributed by atoms with Crippen LogP contribution in [-0.4, -0.2) is 36.0 Å². The summed E-state index contributed by atoms with van der Waals surface area (Å²) in [5.41, 5.74) is 0. The van der Waals surface area contributed by atoms with Gasteiger partial charge in [0.25, 0.3) is 0 Å². The zero-order valence-corrected chi connectivity index (χ0v) is 9.71.